The van der Waals surface area contributed by atoms with Gasteiger partial charge in [0.15, 0.2) is 5.78 Å². The molecule has 0 amide bonds. The lowest BCUT2D eigenvalue weighted by Crippen LogP contribution is -2.08. The number of carbonyl (C=O) groups excluding carboxylic acids is 1. The molecule has 19 heavy (non-hydrogen) atoms. The number of nitrogens with zero attached hydrogens (tertiary/aromatic N) is 4. The smallest absolute Gasteiger partial charge is 0.179 e. The summed E-state index contributed by atoms with van der Waals surface area (Å²) in [6.07, 6.45) is 4.45. The Morgan fingerprint density at radius 3 is 2.79 bits per heavy atom. The standard InChI is InChI=1S/C13H17ClN4O/c1-10-8-12(13(19)9-14)11(2)18(10)6-3-5-17-7-4-15-16-17/h4,7-8H,3,5-6,9H2,1-2H3. The van der Waals surface area contributed by atoms with E-state index >= 15 is 0 Å². The molecule has 0 saturated carbocycles. The van der Waals surface area contributed by atoms with Gasteiger partial charge in [-0.05, 0) is 26.3 Å². The van der Waals surface area contributed by atoms with Gasteiger partial charge in [0.2, 0.25) is 0 Å². The maximum atomic E-state index is 11.7. The Labute approximate surface area is 117 Å². The maximum Gasteiger partial charge on any atom is 0.179 e. The van der Waals surface area contributed by atoms with Crippen LogP contribution < -0.4 is 0 Å². The minimum absolute atomic E-state index is 0.0164. The van der Waals surface area contributed by atoms with E-state index in [1.54, 1.807) is 10.9 Å². The summed E-state index contributed by atoms with van der Waals surface area (Å²) in [6.45, 7) is 5.64. The largest absolute Gasteiger partial charge is 0.348 e. The average Bonchev–Trinajstić information content (AvgIpc) is 3.00. The van der Waals surface area contributed by atoms with Gasteiger partial charge >= 0.3 is 0 Å². The molecule has 0 saturated heterocycles. The van der Waals surface area contributed by atoms with Crippen molar-refractivity contribution in [2.45, 2.75) is 33.4 Å². The van der Waals surface area contributed by atoms with Crippen molar-refractivity contribution < 1.29 is 4.79 Å². The first-order valence-corrected chi connectivity index (χ1v) is 6.77. The van der Waals surface area contributed by atoms with Gasteiger partial charge in [-0.3, -0.25) is 9.48 Å². The molecule has 6 heteroatoms. The second-order valence-electron chi connectivity index (χ2n) is 4.51. The quantitative estimate of drug-likeness (QED) is 0.602. The van der Waals surface area contributed by atoms with E-state index in [0.29, 0.717) is 0 Å². The molecule has 0 atom stereocenters. The highest BCUT2D eigenvalue weighted by molar-refractivity contribution is 6.30. The van der Waals surface area contributed by atoms with Crippen molar-refractivity contribution in [2.75, 3.05) is 5.88 Å². The second kappa shape index (κ2) is 6.02. The maximum absolute atomic E-state index is 11.7. The minimum Gasteiger partial charge on any atom is -0.348 e. The van der Waals surface area contributed by atoms with Gasteiger partial charge < -0.3 is 4.57 Å². The molecule has 2 aromatic rings. The summed E-state index contributed by atoms with van der Waals surface area (Å²) < 4.78 is 3.95. The van der Waals surface area contributed by atoms with Crippen LogP contribution in [0.3, 0.4) is 0 Å². The molecule has 0 aliphatic rings. The predicted octanol–water partition coefficient (Wildman–Crippen LogP) is 2.21. The van der Waals surface area contributed by atoms with E-state index in [-0.39, 0.29) is 11.7 Å². The Hall–Kier alpha value is -1.62. The Morgan fingerprint density at radius 2 is 2.16 bits per heavy atom. The van der Waals surface area contributed by atoms with Gasteiger partial charge in [-0.2, -0.15) is 0 Å². The van der Waals surface area contributed by atoms with Crippen LogP contribution in [-0.4, -0.2) is 31.2 Å². The minimum atomic E-state index is -0.0164. The van der Waals surface area contributed by atoms with E-state index in [1.807, 2.05) is 26.1 Å². The molecule has 0 aliphatic carbocycles. The molecular weight excluding hydrogens is 264 g/mol. The number of aromatic nitrogens is 4. The van der Waals surface area contributed by atoms with Crippen LogP contribution in [0.1, 0.15) is 28.2 Å². The molecule has 0 fully saturated rings. The molecule has 2 heterocycles. The van der Waals surface area contributed by atoms with Gasteiger partial charge in [-0.25, -0.2) is 0 Å². The average molecular weight is 281 g/mol. The molecule has 0 aromatic carbocycles. The third kappa shape index (κ3) is 3.04. The lowest BCUT2D eigenvalue weighted by Gasteiger charge is -2.09. The lowest BCUT2D eigenvalue weighted by molar-refractivity contribution is 0.102. The third-order valence-electron chi connectivity index (χ3n) is 3.24. The number of hydrogen-bond donors (Lipinski definition) is 0. The zero-order valence-electron chi connectivity index (χ0n) is 11.1. The number of ketones is 1. The highest BCUT2D eigenvalue weighted by Crippen LogP contribution is 2.16. The second-order valence-corrected chi connectivity index (χ2v) is 4.78. The Bertz CT molecular complexity index is 559. The molecule has 0 N–H and O–H groups in total. The summed E-state index contributed by atoms with van der Waals surface area (Å²) in [5.41, 5.74) is 2.81. The summed E-state index contributed by atoms with van der Waals surface area (Å²) in [5.74, 6) is 0.0146. The molecule has 102 valence electrons. The SMILES string of the molecule is Cc1cc(C(=O)CCl)c(C)n1CCCn1ccnn1. The van der Waals surface area contributed by atoms with Gasteiger partial charge in [0, 0.05) is 36.2 Å². The number of aryl methyl sites for hydroxylation is 2. The van der Waals surface area contributed by atoms with E-state index in [9.17, 15) is 4.79 Å². The van der Waals surface area contributed by atoms with Crippen LogP contribution in [0.2, 0.25) is 0 Å². The monoisotopic (exact) mass is 280 g/mol. The molecule has 0 spiro atoms. The van der Waals surface area contributed by atoms with E-state index < -0.39 is 0 Å². The normalized spacial score (nSPS) is 10.9. The van der Waals surface area contributed by atoms with Crippen molar-refractivity contribution in [3.8, 4) is 0 Å². The summed E-state index contributed by atoms with van der Waals surface area (Å²) in [7, 11) is 0. The number of hydrogen-bond acceptors (Lipinski definition) is 3. The van der Waals surface area contributed by atoms with Gasteiger partial charge in [-0.1, -0.05) is 5.21 Å². The van der Waals surface area contributed by atoms with Crippen LogP contribution in [-0.2, 0) is 13.1 Å². The molecule has 5 nitrogen and oxygen atoms in total. The predicted molar refractivity (Wildman–Crippen MR) is 73.6 cm³/mol. The fourth-order valence-electron chi connectivity index (χ4n) is 2.24. The summed E-state index contributed by atoms with van der Waals surface area (Å²) in [5, 5.41) is 7.69. The number of halogens is 1. The summed E-state index contributed by atoms with van der Waals surface area (Å²) in [6, 6.07) is 1.91. The highest BCUT2D eigenvalue weighted by Gasteiger charge is 2.14. The summed E-state index contributed by atoms with van der Waals surface area (Å²) in [4.78, 5) is 11.7. The van der Waals surface area contributed by atoms with Crippen LogP contribution in [0.15, 0.2) is 18.5 Å². The first-order valence-electron chi connectivity index (χ1n) is 6.23. The van der Waals surface area contributed by atoms with E-state index in [2.05, 4.69) is 14.9 Å². The highest BCUT2D eigenvalue weighted by atomic mass is 35.5. The van der Waals surface area contributed by atoms with E-state index in [4.69, 9.17) is 11.6 Å². The molecule has 2 rings (SSSR count). The Morgan fingerprint density at radius 1 is 1.37 bits per heavy atom. The van der Waals surface area contributed by atoms with Gasteiger partial charge in [0.05, 0.1) is 12.1 Å². The molecule has 2 aromatic heterocycles. The van der Waals surface area contributed by atoms with Crippen molar-refractivity contribution in [1.29, 1.82) is 0 Å². The first kappa shape index (κ1) is 13.8. The van der Waals surface area contributed by atoms with Gasteiger partial charge in [-0.15, -0.1) is 16.7 Å². The van der Waals surface area contributed by atoms with Crippen LogP contribution in [0.4, 0.5) is 0 Å². The van der Waals surface area contributed by atoms with E-state index in [0.717, 1.165) is 36.5 Å². The van der Waals surface area contributed by atoms with Crippen molar-refractivity contribution >= 4 is 17.4 Å². The summed E-state index contributed by atoms with van der Waals surface area (Å²) >= 11 is 5.61. The number of carbonyl (C=O) groups is 1. The third-order valence-corrected chi connectivity index (χ3v) is 3.48. The molecular formula is C13H17ClN4O. The van der Waals surface area contributed by atoms with Crippen molar-refractivity contribution in [3.05, 3.63) is 35.4 Å². The number of alkyl halides is 1. The molecule has 0 bridgehead atoms. The fourth-order valence-corrected chi connectivity index (χ4v) is 2.39. The van der Waals surface area contributed by atoms with Crippen LogP contribution in [0, 0.1) is 13.8 Å². The van der Waals surface area contributed by atoms with Gasteiger partial charge in [0.1, 0.15) is 0 Å². The zero-order valence-corrected chi connectivity index (χ0v) is 11.9. The van der Waals surface area contributed by atoms with Crippen LogP contribution in [0.25, 0.3) is 0 Å². The molecule has 0 radical (unpaired) electrons. The number of rotatable bonds is 6. The van der Waals surface area contributed by atoms with Crippen molar-refractivity contribution in [2.24, 2.45) is 0 Å². The van der Waals surface area contributed by atoms with Crippen molar-refractivity contribution in [1.82, 2.24) is 19.6 Å². The number of Topliss-reactive ketones (excluding diaryl/α,β-unsaturated/α-hetero) is 1. The zero-order chi connectivity index (χ0) is 13.8. The van der Waals surface area contributed by atoms with Crippen LogP contribution >= 0.6 is 11.6 Å². The Kier molecular flexibility index (Phi) is 4.37. The molecule has 0 unspecified atom stereocenters. The Balaban J connectivity index is 2.04. The topological polar surface area (TPSA) is 52.7 Å². The van der Waals surface area contributed by atoms with E-state index in [1.165, 1.54) is 0 Å². The molecule has 0 aliphatic heterocycles. The fraction of sp³-hybridized carbons (Fsp3) is 0.462. The first-order chi connectivity index (χ1) is 9.13. The van der Waals surface area contributed by atoms with Gasteiger partial charge in [0.25, 0.3) is 0 Å². The van der Waals surface area contributed by atoms with Crippen molar-refractivity contribution in [3.63, 3.8) is 0 Å². The lowest BCUT2D eigenvalue weighted by atomic mass is 10.2. The van der Waals surface area contributed by atoms with Crippen LogP contribution in [0.5, 0.6) is 0 Å².